The van der Waals surface area contributed by atoms with E-state index in [1.54, 1.807) is 7.11 Å². The molecule has 2 rings (SSSR count). The zero-order valence-electron chi connectivity index (χ0n) is 13.0. The minimum atomic E-state index is 0.245. The Balaban J connectivity index is 2.05. The van der Waals surface area contributed by atoms with Gasteiger partial charge in [0.1, 0.15) is 5.75 Å². The quantitative estimate of drug-likeness (QED) is 0.853. The lowest BCUT2D eigenvalue weighted by Crippen LogP contribution is -2.32. The van der Waals surface area contributed by atoms with Gasteiger partial charge >= 0.3 is 0 Å². The van der Waals surface area contributed by atoms with Crippen LogP contribution >= 0.6 is 11.3 Å². The fraction of sp³-hybridized carbons (Fsp3) is 0.412. The van der Waals surface area contributed by atoms with Crippen molar-refractivity contribution in [3.63, 3.8) is 0 Å². The highest BCUT2D eigenvalue weighted by Gasteiger charge is 2.16. The van der Waals surface area contributed by atoms with Crippen LogP contribution in [0.3, 0.4) is 0 Å². The Bertz CT molecular complexity index is 554. The van der Waals surface area contributed by atoms with Gasteiger partial charge in [-0.15, -0.1) is 11.3 Å². The van der Waals surface area contributed by atoms with Gasteiger partial charge in [0.15, 0.2) is 0 Å². The Kier molecular flexibility index (Phi) is 5.79. The van der Waals surface area contributed by atoms with E-state index in [-0.39, 0.29) is 6.04 Å². The van der Waals surface area contributed by atoms with Crippen molar-refractivity contribution >= 4 is 11.3 Å². The van der Waals surface area contributed by atoms with Crippen LogP contribution in [0.4, 0.5) is 0 Å². The molecular weight excluding hydrogens is 280 g/mol. The van der Waals surface area contributed by atoms with Gasteiger partial charge in [0.2, 0.25) is 0 Å². The summed E-state index contributed by atoms with van der Waals surface area (Å²) in [6.45, 7) is 3.70. The maximum atomic E-state index is 6.00. The lowest BCUT2D eigenvalue weighted by atomic mass is 10.0. The van der Waals surface area contributed by atoms with Crippen molar-refractivity contribution in [1.82, 2.24) is 4.90 Å². The number of methoxy groups -OCH3 is 1. The molecule has 1 heterocycles. The van der Waals surface area contributed by atoms with Crippen molar-refractivity contribution in [1.29, 1.82) is 0 Å². The van der Waals surface area contributed by atoms with Crippen molar-refractivity contribution < 1.29 is 4.74 Å². The van der Waals surface area contributed by atoms with Crippen LogP contribution in [0, 0.1) is 6.92 Å². The van der Waals surface area contributed by atoms with Crippen molar-refractivity contribution in [2.75, 3.05) is 27.2 Å². The first-order chi connectivity index (χ1) is 10.2. The Morgan fingerprint density at radius 2 is 2.14 bits per heavy atom. The lowest BCUT2D eigenvalue weighted by molar-refractivity contribution is 0.253. The molecule has 0 fully saturated rings. The zero-order chi connectivity index (χ0) is 15.2. The van der Waals surface area contributed by atoms with E-state index >= 15 is 0 Å². The van der Waals surface area contributed by atoms with Gasteiger partial charge in [-0.05, 0) is 49.0 Å². The van der Waals surface area contributed by atoms with Gasteiger partial charge in [0.25, 0.3) is 0 Å². The highest BCUT2D eigenvalue weighted by atomic mass is 32.1. The predicted octanol–water partition coefficient (Wildman–Crippen LogP) is 3.24. The summed E-state index contributed by atoms with van der Waals surface area (Å²) in [7, 11) is 3.85. The second kappa shape index (κ2) is 7.59. The first kappa shape index (κ1) is 16.0. The average molecular weight is 304 g/mol. The molecule has 4 heteroatoms. The van der Waals surface area contributed by atoms with Crippen LogP contribution in [-0.4, -0.2) is 32.1 Å². The molecular formula is C17H24N2OS. The van der Waals surface area contributed by atoms with Crippen LogP contribution in [0.2, 0.25) is 0 Å². The van der Waals surface area contributed by atoms with E-state index in [2.05, 4.69) is 48.5 Å². The number of nitrogens with two attached hydrogens (primary N) is 1. The number of rotatable bonds is 7. The molecule has 1 unspecified atom stereocenters. The van der Waals surface area contributed by atoms with E-state index in [9.17, 15) is 0 Å². The Hall–Kier alpha value is -1.36. The number of hydrogen-bond acceptors (Lipinski definition) is 4. The van der Waals surface area contributed by atoms with E-state index in [1.807, 2.05) is 17.4 Å². The van der Waals surface area contributed by atoms with Gasteiger partial charge in [0, 0.05) is 24.0 Å². The number of ether oxygens (including phenoxy) is 1. The number of hydrogen-bond donors (Lipinski definition) is 1. The SMILES string of the molecule is COc1ccc(C(CN)N(C)CCc2cccs2)cc1C. The molecule has 21 heavy (non-hydrogen) atoms. The zero-order valence-corrected chi connectivity index (χ0v) is 13.8. The molecule has 0 radical (unpaired) electrons. The number of nitrogens with zero attached hydrogens (tertiary/aromatic N) is 1. The molecule has 2 N–H and O–H groups in total. The summed E-state index contributed by atoms with van der Waals surface area (Å²) in [6.07, 6.45) is 1.07. The van der Waals surface area contributed by atoms with Crippen LogP contribution in [0.15, 0.2) is 35.7 Å². The Morgan fingerprint density at radius 1 is 1.33 bits per heavy atom. The fourth-order valence-electron chi connectivity index (χ4n) is 2.58. The van der Waals surface area contributed by atoms with Crippen molar-refractivity contribution in [2.24, 2.45) is 5.73 Å². The predicted molar refractivity (Wildman–Crippen MR) is 90.2 cm³/mol. The summed E-state index contributed by atoms with van der Waals surface area (Å²) in [5, 5.41) is 2.13. The standard InChI is InChI=1S/C17H24N2OS/c1-13-11-14(6-7-17(13)20-3)16(12-18)19(2)9-8-15-5-4-10-21-15/h4-7,10-11,16H,8-9,12,18H2,1-3H3. The number of benzene rings is 1. The number of aryl methyl sites for hydroxylation is 1. The highest BCUT2D eigenvalue weighted by Crippen LogP contribution is 2.25. The van der Waals surface area contributed by atoms with E-state index < -0.39 is 0 Å². The van der Waals surface area contributed by atoms with E-state index in [0.29, 0.717) is 6.54 Å². The smallest absolute Gasteiger partial charge is 0.121 e. The van der Waals surface area contributed by atoms with Gasteiger partial charge in [-0.25, -0.2) is 0 Å². The topological polar surface area (TPSA) is 38.5 Å². The van der Waals surface area contributed by atoms with E-state index in [4.69, 9.17) is 10.5 Å². The van der Waals surface area contributed by atoms with Gasteiger partial charge in [-0.2, -0.15) is 0 Å². The molecule has 3 nitrogen and oxygen atoms in total. The average Bonchev–Trinajstić information content (AvgIpc) is 2.99. The lowest BCUT2D eigenvalue weighted by Gasteiger charge is -2.27. The molecule has 2 aromatic rings. The molecule has 1 aromatic heterocycles. The maximum absolute atomic E-state index is 6.00. The van der Waals surface area contributed by atoms with Crippen LogP contribution in [0.25, 0.3) is 0 Å². The second-order valence-corrected chi connectivity index (χ2v) is 6.32. The normalized spacial score (nSPS) is 12.6. The summed E-state index contributed by atoms with van der Waals surface area (Å²) < 4.78 is 5.33. The molecule has 114 valence electrons. The van der Waals surface area contributed by atoms with Gasteiger partial charge in [0.05, 0.1) is 7.11 Å². The summed E-state index contributed by atoms with van der Waals surface area (Å²) in [4.78, 5) is 3.75. The molecule has 0 aliphatic carbocycles. The maximum Gasteiger partial charge on any atom is 0.121 e. The fourth-order valence-corrected chi connectivity index (χ4v) is 3.27. The molecule has 1 atom stereocenters. The number of thiophene rings is 1. The molecule has 1 aromatic carbocycles. The van der Waals surface area contributed by atoms with Gasteiger partial charge < -0.3 is 10.5 Å². The highest BCUT2D eigenvalue weighted by molar-refractivity contribution is 7.09. The van der Waals surface area contributed by atoms with E-state index in [1.165, 1.54) is 10.4 Å². The second-order valence-electron chi connectivity index (χ2n) is 5.29. The third-order valence-corrected chi connectivity index (χ3v) is 4.79. The molecule has 0 aliphatic rings. The first-order valence-corrected chi connectivity index (χ1v) is 8.11. The first-order valence-electron chi connectivity index (χ1n) is 7.23. The monoisotopic (exact) mass is 304 g/mol. The van der Waals surface area contributed by atoms with Crippen molar-refractivity contribution in [2.45, 2.75) is 19.4 Å². The van der Waals surface area contributed by atoms with Crippen LogP contribution in [0.1, 0.15) is 22.0 Å². The molecule has 0 spiro atoms. The van der Waals surface area contributed by atoms with Crippen LogP contribution < -0.4 is 10.5 Å². The Morgan fingerprint density at radius 3 is 2.71 bits per heavy atom. The third-order valence-electron chi connectivity index (χ3n) is 3.85. The minimum Gasteiger partial charge on any atom is -0.496 e. The third kappa shape index (κ3) is 4.06. The van der Waals surface area contributed by atoms with Gasteiger partial charge in [-0.3, -0.25) is 4.90 Å². The minimum absolute atomic E-state index is 0.245. The molecule has 0 aliphatic heterocycles. The Labute approximate surface area is 131 Å². The summed E-state index contributed by atoms with van der Waals surface area (Å²) in [5.41, 5.74) is 8.41. The van der Waals surface area contributed by atoms with Crippen LogP contribution in [-0.2, 0) is 6.42 Å². The van der Waals surface area contributed by atoms with Crippen molar-refractivity contribution in [3.05, 3.63) is 51.7 Å². The number of likely N-dealkylation sites (N-methyl/N-ethyl adjacent to an activating group) is 1. The van der Waals surface area contributed by atoms with E-state index in [0.717, 1.165) is 24.3 Å². The molecule has 0 bridgehead atoms. The van der Waals surface area contributed by atoms with Crippen LogP contribution in [0.5, 0.6) is 5.75 Å². The summed E-state index contributed by atoms with van der Waals surface area (Å²) in [5.74, 6) is 0.927. The largest absolute Gasteiger partial charge is 0.496 e. The van der Waals surface area contributed by atoms with Crippen molar-refractivity contribution in [3.8, 4) is 5.75 Å². The molecule has 0 amide bonds. The van der Waals surface area contributed by atoms with Gasteiger partial charge in [-0.1, -0.05) is 18.2 Å². The summed E-state index contributed by atoms with van der Waals surface area (Å²) >= 11 is 1.81. The molecule has 0 saturated heterocycles. The summed E-state index contributed by atoms with van der Waals surface area (Å²) in [6, 6.07) is 10.9. The molecule has 0 saturated carbocycles.